The molecule has 0 saturated carbocycles. The third kappa shape index (κ3) is 3.61. The van der Waals surface area contributed by atoms with E-state index in [1.165, 1.54) is 0 Å². The van der Waals surface area contributed by atoms with Crippen LogP contribution in [0.3, 0.4) is 0 Å². The zero-order valence-electron chi connectivity index (χ0n) is 9.06. The van der Waals surface area contributed by atoms with Crippen LogP contribution in [0.5, 0.6) is 11.5 Å². The van der Waals surface area contributed by atoms with Gasteiger partial charge in [-0.2, -0.15) is 0 Å². The van der Waals surface area contributed by atoms with Crippen LogP contribution in [0.1, 0.15) is 31.4 Å². The number of aromatic hydroxyl groups is 1. The lowest BCUT2D eigenvalue weighted by Gasteiger charge is -2.13. The molecule has 86 valence electrons. The predicted molar refractivity (Wildman–Crippen MR) is 63.7 cm³/mol. The average Bonchev–Trinajstić information content (AvgIpc) is 2.19. The molecule has 0 bridgehead atoms. The molecule has 0 aromatic heterocycles. The Balaban J connectivity index is 0.00000196. The highest BCUT2D eigenvalue weighted by atomic mass is 35.5. The number of phenols is 1. The Kier molecular flexibility index (Phi) is 6.13. The SMILES string of the molecule is CCC[C@@H](N)c1cc(OC)ccc1O.Cl. The Morgan fingerprint density at radius 1 is 1.47 bits per heavy atom. The fourth-order valence-electron chi connectivity index (χ4n) is 1.42. The molecule has 1 atom stereocenters. The highest BCUT2D eigenvalue weighted by Crippen LogP contribution is 2.29. The number of methoxy groups -OCH3 is 1. The zero-order chi connectivity index (χ0) is 10.6. The van der Waals surface area contributed by atoms with Gasteiger partial charge in [0.05, 0.1) is 7.11 Å². The molecule has 0 aliphatic heterocycles. The van der Waals surface area contributed by atoms with Crippen LogP contribution in [0.25, 0.3) is 0 Å². The van der Waals surface area contributed by atoms with Gasteiger partial charge in [-0.15, -0.1) is 12.4 Å². The van der Waals surface area contributed by atoms with Crippen LogP contribution in [0.2, 0.25) is 0 Å². The summed E-state index contributed by atoms with van der Waals surface area (Å²) in [5.41, 5.74) is 6.67. The molecule has 0 heterocycles. The van der Waals surface area contributed by atoms with Gasteiger partial charge in [0.1, 0.15) is 11.5 Å². The Hall–Kier alpha value is -0.930. The molecule has 1 rings (SSSR count). The summed E-state index contributed by atoms with van der Waals surface area (Å²) in [6.45, 7) is 2.07. The first-order valence-corrected chi connectivity index (χ1v) is 4.81. The molecule has 0 fully saturated rings. The van der Waals surface area contributed by atoms with E-state index in [2.05, 4.69) is 6.92 Å². The van der Waals surface area contributed by atoms with Crippen molar-refractivity contribution in [2.24, 2.45) is 5.73 Å². The third-order valence-corrected chi connectivity index (χ3v) is 2.23. The van der Waals surface area contributed by atoms with Crippen LogP contribution in [0, 0.1) is 0 Å². The molecule has 1 aromatic carbocycles. The number of rotatable bonds is 4. The third-order valence-electron chi connectivity index (χ3n) is 2.23. The minimum absolute atomic E-state index is 0. The first kappa shape index (κ1) is 14.1. The summed E-state index contributed by atoms with van der Waals surface area (Å²) in [6.07, 6.45) is 1.86. The van der Waals surface area contributed by atoms with E-state index in [0.29, 0.717) is 0 Å². The second-order valence-corrected chi connectivity index (χ2v) is 3.32. The van der Waals surface area contributed by atoms with Crippen molar-refractivity contribution >= 4 is 12.4 Å². The molecule has 3 nitrogen and oxygen atoms in total. The maximum absolute atomic E-state index is 9.59. The summed E-state index contributed by atoms with van der Waals surface area (Å²) in [7, 11) is 1.60. The first-order valence-electron chi connectivity index (χ1n) is 4.81. The lowest BCUT2D eigenvalue weighted by Crippen LogP contribution is -2.09. The quantitative estimate of drug-likeness (QED) is 0.838. The molecule has 0 radical (unpaired) electrons. The summed E-state index contributed by atoms with van der Waals surface area (Å²) in [6, 6.07) is 5.01. The van der Waals surface area contributed by atoms with E-state index in [0.717, 1.165) is 24.2 Å². The van der Waals surface area contributed by atoms with Gasteiger partial charge >= 0.3 is 0 Å². The van der Waals surface area contributed by atoms with Gasteiger partial charge in [-0.25, -0.2) is 0 Å². The van der Waals surface area contributed by atoms with Crippen LogP contribution in [-0.2, 0) is 0 Å². The Morgan fingerprint density at radius 3 is 2.67 bits per heavy atom. The van der Waals surface area contributed by atoms with E-state index in [-0.39, 0.29) is 24.2 Å². The van der Waals surface area contributed by atoms with E-state index in [9.17, 15) is 5.11 Å². The minimum atomic E-state index is -0.116. The van der Waals surface area contributed by atoms with Gasteiger partial charge in [0.25, 0.3) is 0 Å². The highest BCUT2D eigenvalue weighted by molar-refractivity contribution is 5.85. The summed E-state index contributed by atoms with van der Waals surface area (Å²) < 4.78 is 5.07. The zero-order valence-corrected chi connectivity index (χ0v) is 9.88. The smallest absolute Gasteiger partial charge is 0.120 e. The molecule has 0 unspecified atom stereocenters. The lowest BCUT2D eigenvalue weighted by atomic mass is 10.0. The molecule has 0 saturated heterocycles. The first-order chi connectivity index (χ1) is 6.69. The summed E-state index contributed by atoms with van der Waals surface area (Å²) >= 11 is 0. The van der Waals surface area contributed by atoms with E-state index < -0.39 is 0 Å². The Labute approximate surface area is 96.7 Å². The van der Waals surface area contributed by atoms with Crippen molar-refractivity contribution in [1.29, 1.82) is 0 Å². The van der Waals surface area contributed by atoms with Gasteiger partial charge in [0, 0.05) is 11.6 Å². The number of phenolic OH excluding ortho intramolecular Hbond substituents is 1. The molecule has 4 heteroatoms. The minimum Gasteiger partial charge on any atom is -0.508 e. The van der Waals surface area contributed by atoms with Crippen molar-refractivity contribution < 1.29 is 9.84 Å². The van der Waals surface area contributed by atoms with Gasteiger partial charge in [-0.3, -0.25) is 0 Å². The van der Waals surface area contributed by atoms with Crippen molar-refractivity contribution in [1.82, 2.24) is 0 Å². The monoisotopic (exact) mass is 231 g/mol. The summed E-state index contributed by atoms with van der Waals surface area (Å²) in [5.74, 6) is 0.969. The maximum Gasteiger partial charge on any atom is 0.120 e. The Morgan fingerprint density at radius 2 is 2.13 bits per heavy atom. The number of halogens is 1. The van der Waals surface area contributed by atoms with Crippen molar-refractivity contribution in [2.45, 2.75) is 25.8 Å². The molecule has 0 spiro atoms. The van der Waals surface area contributed by atoms with E-state index in [1.54, 1.807) is 25.3 Å². The van der Waals surface area contributed by atoms with Crippen LogP contribution >= 0.6 is 12.4 Å². The average molecular weight is 232 g/mol. The van der Waals surface area contributed by atoms with Crippen molar-refractivity contribution in [3.8, 4) is 11.5 Å². The largest absolute Gasteiger partial charge is 0.508 e. The van der Waals surface area contributed by atoms with Gasteiger partial charge < -0.3 is 15.6 Å². The van der Waals surface area contributed by atoms with Gasteiger partial charge in [0.2, 0.25) is 0 Å². The molecule has 0 aliphatic carbocycles. The molecule has 15 heavy (non-hydrogen) atoms. The number of benzene rings is 1. The predicted octanol–water partition coefficient (Wildman–Crippen LogP) is 2.62. The second kappa shape index (κ2) is 6.53. The number of hydrogen-bond acceptors (Lipinski definition) is 3. The van der Waals surface area contributed by atoms with Gasteiger partial charge in [-0.1, -0.05) is 13.3 Å². The molecule has 0 aliphatic rings. The molecular formula is C11H18ClNO2. The topological polar surface area (TPSA) is 55.5 Å². The number of nitrogens with two attached hydrogens (primary N) is 1. The van der Waals surface area contributed by atoms with Gasteiger partial charge in [0.15, 0.2) is 0 Å². The summed E-state index contributed by atoms with van der Waals surface area (Å²) in [5, 5.41) is 9.59. The maximum atomic E-state index is 9.59. The van der Waals surface area contributed by atoms with E-state index >= 15 is 0 Å². The van der Waals surface area contributed by atoms with Crippen LogP contribution in [-0.4, -0.2) is 12.2 Å². The summed E-state index contributed by atoms with van der Waals surface area (Å²) in [4.78, 5) is 0. The van der Waals surface area contributed by atoms with Crippen LogP contribution in [0.4, 0.5) is 0 Å². The number of ether oxygens (including phenoxy) is 1. The van der Waals surface area contributed by atoms with E-state index in [1.807, 2.05) is 0 Å². The molecule has 3 N–H and O–H groups in total. The second-order valence-electron chi connectivity index (χ2n) is 3.32. The fraction of sp³-hybridized carbons (Fsp3) is 0.455. The van der Waals surface area contributed by atoms with Gasteiger partial charge in [-0.05, 0) is 24.6 Å². The van der Waals surface area contributed by atoms with Crippen LogP contribution in [0.15, 0.2) is 18.2 Å². The van der Waals surface area contributed by atoms with Crippen molar-refractivity contribution in [3.05, 3.63) is 23.8 Å². The van der Waals surface area contributed by atoms with Crippen molar-refractivity contribution in [3.63, 3.8) is 0 Å². The van der Waals surface area contributed by atoms with Crippen LogP contribution < -0.4 is 10.5 Å². The standard InChI is InChI=1S/C11H17NO2.ClH/c1-3-4-10(12)9-7-8(14-2)5-6-11(9)13;/h5-7,10,13H,3-4,12H2,1-2H3;1H/t10-;/m1./s1. The molecule has 1 aromatic rings. The van der Waals surface area contributed by atoms with Crippen molar-refractivity contribution in [2.75, 3.05) is 7.11 Å². The molecular weight excluding hydrogens is 214 g/mol. The Bertz CT molecular complexity index is 305. The highest BCUT2D eigenvalue weighted by Gasteiger charge is 2.10. The molecule has 0 amide bonds. The van der Waals surface area contributed by atoms with E-state index in [4.69, 9.17) is 10.5 Å². The number of hydrogen-bond donors (Lipinski definition) is 2. The fourth-order valence-corrected chi connectivity index (χ4v) is 1.42. The lowest BCUT2D eigenvalue weighted by molar-refractivity contribution is 0.408. The normalized spacial score (nSPS) is 11.7.